The molecule has 2 aliphatic carbocycles. The predicted molar refractivity (Wildman–Crippen MR) is 135 cm³/mol. The Balaban J connectivity index is 1.70. The van der Waals surface area contributed by atoms with E-state index < -0.39 is 0 Å². The van der Waals surface area contributed by atoms with Gasteiger partial charge in [0.1, 0.15) is 5.75 Å². The number of halogens is 1. The van der Waals surface area contributed by atoms with Crippen LogP contribution in [-0.4, -0.2) is 21.3 Å². The van der Waals surface area contributed by atoms with Gasteiger partial charge in [-0.05, 0) is 67.0 Å². The summed E-state index contributed by atoms with van der Waals surface area (Å²) in [4.78, 5) is 0. The molecule has 5 rings (SSSR count). The molecule has 0 amide bonds. The summed E-state index contributed by atoms with van der Waals surface area (Å²) in [5, 5.41) is 8.18. The van der Waals surface area contributed by atoms with E-state index in [2.05, 4.69) is 57.7 Å². The molecule has 3 aromatic carbocycles. The standard InChI is InChI=1S/C27H26BrNO3/c1-30-23-13-12-20(28)26-19(23)14-22(26)29-21-11-7-10-17-18(21)15-24(31-2)27(32-3)25(17)16-8-5-4-6-9-16/h7-8,10-15,29H,4-6,9H2,1-3H3. The van der Waals surface area contributed by atoms with Crippen molar-refractivity contribution >= 4 is 49.7 Å². The fourth-order valence-corrected chi connectivity index (χ4v) is 5.34. The molecule has 0 heterocycles. The highest BCUT2D eigenvalue weighted by molar-refractivity contribution is 9.10. The van der Waals surface area contributed by atoms with E-state index in [9.17, 15) is 0 Å². The van der Waals surface area contributed by atoms with Crippen molar-refractivity contribution in [1.82, 2.24) is 0 Å². The zero-order valence-electron chi connectivity index (χ0n) is 18.5. The highest BCUT2D eigenvalue weighted by Crippen LogP contribution is 2.45. The first-order chi connectivity index (χ1) is 15.7. The maximum absolute atomic E-state index is 5.85. The van der Waals surface area contributed by atoms with Crippen LogP contribution >= 0.6 is 15.9 Å². The Kier molecular flexibility index (Phi) is 5.60. The van der Waals surface area contributed by atoms with Crippen LogP contribution in [0, 0.1) is 0 Å². The monoisotopic (exact) mass is 491 g/mol. The second-order valence-electron chi connectivity index (χ2n) is 8.08. The average Bonchev–Trinajstić information content (AvgIpc) is 2.81. The summed E-state index contributed by atoms with van der Waals surface area (Å²) in [5.74, 6) is 2.44. The summed E-state index contributed by atoms with van der Waals surface area (Å²) in [7, 11) is 5.13. The smallest absolute Gasteiger partial charge is 0.168 e. The van der Waals surface area contributed by atoms with Crippen molar-refractivity contribution in [3.8, 4) is 17.2 Å². The molecule has 0 aliphatic heterocycles. The molecule has 0 bridgehead atoms. The van der Waals surface area contributed by atoms with E-state index in [0.29, 0.717) is 0 Å². The van der Waals surface area contributed by atoms with Gasteiger partial charge in [-0.15, -0.1) is 0 Å². The first-order valence-corrected chi connectivity index (χ1v) is 11.7. The summed E-state index contributed by atoms with van der Waals surface area (Å²) in [6.45, 7) is 0. The highest BCUT2D eigenvalue weighted by atomic mass is 79.9. The number of hydrogen-bond donors (Lipinski definition) is 1. The number of fused-ring (bicyclic) bond motifs is 2. The van der Waals surface area contributed by atoms with E-state index in [1.807, 2.05) is 12.1 Å². The van der Waals surface area contributed by atoms with Crippen LogP contribution in [-0.2, 0) is 0 Å². The minimum atomic E-state index is 0.751. The first kappa shape index (κ1) is 21.0. The van der Waals surface area contributed by atoms with E-state index in [0.717, 1.165) is 67.3 Å². The molecule has 164 valence electrons. The van der Waals surface area contributed by atoms with Crippen molar-refractivity contribution < 1.29 is 14.2 Å². The van der Waals surface area contributed by atoms with Crippen LogP contribution in [0.15, 0.2) is 46.9 Å². The van der Waals surface area contributed by atoms with Gasteiger partial charge in [-0.1, -0.05) is 34.1 Å². The van der Waals surface area contributed by atoms with Gasteiger partial charge in [-0.25, -0.2) is 0 Å². The third-order valence-corrected chi connectivity index (χ3v) is 7.00. The number of methoxy groups -OCH3 is 3. The van der Waals surface area contributed by atoms with E-state index in [-0.39, 0.29) is 0 Å². The van der Waals surface area contributed by atoms with Crippen LogP contribution in [0.2, 0.25) is 0 Å². The van der Waals surface area contributed by atoms with Crippen LogP contribution in [0.5, 0.6) is 17.2 Å². The number of anilines is 1. The minimum absolute atomic E-state index is 0.751. The number of ether oxygens (including phenoxy) is 3. The van der Waals surface area contributed by atoms with Gasteiger partial charge in [0, 0.05) is 37.2 Å². The maximum Gasteiger partial charge on any atom is 0.168 e. The Morgan fingerprint density at radius 3 is 2.47 bits per heavy atom. The average molecular weight is 492 g/mol. The molecule has 0 atom stereocenters. The van der Waals surface area contributed by atoms with Crippen LogP contribution < -0.4 is 30.0 Å². The Labute approximate surface area is 196 Å². The van der Waals surface area contributed by atoms with Crippen molar-refractivity contribution in [3.05, 3.63) is 62.9 Å². The number of benzene rings is 3. The number of nitrogens with one attached hydrogen (secondary N) is 1. The Hall–Kier alpha value is -2.92. The summed E-state index contributed by atoms with van der Waals surface area (Å²) >= 11 is 3.69. The molecule has 5 heteroatoms. The highest BCUT2D eigenvalue weighted by Gasteiger charge is 2.21. The lowest BCUT2D eigenvalue weighted by atomic mass is 9.89. The van der Waals surface area contributed by atoms with Gasteiger partial charge >= 0.3 is 0 Å². The molecule has 4 nitrogen and oxygen atoms in total. The van der Waals surface area contributed by atoms with Gasteiger partial charge in [-0.2, -0.15) is 0 Å². The number of allylic oxidation sites excluding steroid dienone is 2. The summed E-state index contributed by atoms with van der Waals surface area (Å²) in [6.07, 6.45) is 9.09. The zero-order valence-corrected chi connectivity index (χ0v) is 20.1. The third-order valence-electron chi connectivity index (χ3n) is 6.34. The van der Waals surface area contributed by atoms with E-state index >= 15 is 0 Å². The normalized spacial score (nSPS) is 14.8. The second-order valence-corrected chi connectivity index (χ2v) is 8.94. The molecule has 0 aromatic heterocycles. The number of rotatable bonds is 6. The predicted octanol–water partition coefficient (Wildman–Crippen LogP) is 5.60. The SMILES string of the molecule is COc1cc2c(NC3=c4c(Br)ccc(OC)c4=C3)cccc2c(C2=CCCCC2)c1OC. The molecular weight excluding hydrogens is 466 g/mol. The Morgan fingerprint density at radius 2 is 1.75 bits per heavy atom. The lowest BCUT2D eigenvalue weighted by Gasteiger charge is -2.22. The molecule has 0 spiro atoms. The van der Waals surface area contributed by atoms with Crippen LogP contribution in [0.4, 0.5) is 5.69 Å². The summed E-state index contributed by atoms with van der Waals surface area (Å²) in [6, 6.07) is 12.5. The quantitative estimate of drug-likeness (QED) is 0.487. The molecule has 0 saturated heterocycles. The van der Waals surface area contributed by atoms with Gasteiger partial charge in [0.2, 0.25) is 0 Å². The lowest BCUT2D eigenvalue weighted by Crippen LogP contribution is -2.39. The maximum atomic E-state index is 5.85. The van der Waals surface area contributed by atoms with Gasteiger partial charge in [-0.3, -0.25) is 0 Å². The molecule has 32 heavy (non-hydrogen) atoms. The topological polar surface area (TPSA) is 39.7 Å². The third kappa shape index (κ3) is 3.36. The molecule has 1 N–H and O–H groups in total. The van der Waals surface area contributed by atoms with Crippen molar-refractivity contribution in [3.63, 3.8) is 0 Å². The molecular formula is C27H26BrNO3. The Bertz CT molecular complexity index is 1370. The Morgan fingerprint density at radius 1 is 0.906 bits per heavy atom. The molecule has 2 aliphatic rings. The summed E-state index contributed by atoms with van der Waals surface area (Å²) < 4.78 is 18.2. The van der Waals surface area contributed by atoms with E-state index in [4.69, 9.17) is 14.2 Å². The van der Waals surface area contributed by atoms with Crippen molar-refractivity contribution in [2.24, 2.45) is 0 Å². The lowest BCUT2D eigenvalue weighted by molar-refractivity contribution is 0.355. The first-order valence-electron chi connectivity index (χ1n) is 10.9. The van der Waals surface area contributed by atoms with Crippen molar-refractivity contribution in [2.75, 3.05) is 26.6 Å². The number of hydrogen-bond acceptors (Lipinski definition) is 4. The van der Waals surface area contributed by atoms with Gasteiger partial charge < -0.3 is 19.5 Å². The zero-order chi connectivity index (χ0) is 22.2. The fraction of sp³-hybridized carbons (Fsp3) is 0.259. The fourth-order valence-electron chi connectivity index (χ4n) is 4.78. The molecule has 0 fully saturated rings. The van der Waals surface area contributed by atoms with Crippen LogP contribution in [0.1, 0.15) is 31.2 Å². The summed E-state index contributed by atoms with van der Waals surface area (Å²) in [5.41, 5.74) is 4.59. The van der Waals surface area contributed by atoms with Crippen LogP contribution in [0.25, 0.3) is 28.1 Å². The molecule has 0 radical (unpaired) electrons. The van der Waals surface area contributed by atoms with Crippen molar-refractivity contribution in [2.45, 2.75) is 25.7 Å². The van der Waals surface area contributed by atoms with Crippen molar-refractivity contribution in [1.29, 1.82) is 0 Å². The second kappa shape index (κ2) is 8.55. The van der Waals surface area contributed by atoms with Gasteiger partial charge in [0.15, 0.2) is 11.5 Å². The van der Waals surface area contributed by atoms with Gasteiger partial charge in [0.25, 0.3) is 0 Å². The largest absolute Gasteiger partial charge is 0.496 e. The minimum Gasteiger partial charge on any atom is -0.496 e. The molecule has 0 unspecified atom stereocenters. The van der Waals surface area contributed by atoms with E-state index in [1.54, 1.807) is 21.3 Å². The van der Waals surface area contributed by atoms with Gasteiger partial charge in [0.05, 0.1) is 21.3 Å². The molecule has 0 saturated carbocycles. The van der Waals surface area contributed by atoms with E-state index in [1.165, 1.54) is 23.8 Å². The molecule has 3 aromatic rings. The van der Waals surface area contributed by atoms with Crippen LogP contribution in [0.3, 0.4) is 0 Å².